The molecule has 166 valence electrons. The van der Waals surface area contributed by atoms with Gasteiger partial charge in [0.15, 0.2) is 11.5 Å². The van der Waals surface area contributed by atoms with E-state index in [9.17, 15) is 18.0 Å². The molecule has 0 aliphatic rings. The molecular weight excluding hydrogens is 435 g/mol. The Morgan fingerprint density at radius 3 is 2.68 bits per heavy atom. The van der Waals surface area contributed by atoms with Crippen molar-refractivity contribution in [2.75, 3.05) is 6.54 Å². The Hall–Kier alpha value is -2.94. The topological polar surface area (TPSA) is 69.3 Å². The summed E-state index contributed by atoms with van der Waals surface area (Å²) in [6.45, 7) is 4.08. The summed E-state index contributed by atoms with van der Waals surface area (Å²) in [6, 6.07) is 9.44. The number of carbonyl (C=O) groups excluding carboxylic acids is 1. The fourth-order valence-corrected chi connectivity index (χ4v) is 3.12. The van der Waals surface area contributed by atoms with Crippen molar-refractivity contribution in [2.24, 2.45) is 0 Å². The summed E-state index contributed by atoms with van der Waals surface area (Å²) in [5.41, 5.74) is 0.366. The fraction of sp³-hybridized carbons (Fsp3) is 0.333. The van der Waals surface area contributed by atoms with E-state index < -0.39 is 17.8 Å². The maximum absolute atomic E-state index is 12.7. The van der Waals surface area contributed by atoms with Crippen molar-refractivity contribution in [1.29, 1.82) is 0 Å². The fourth-order valence-electron chi connectivity index (χ4n) is 2.89. The number of amides is 1. The number of benzene rings is 1. The van der Waals surface area contributed by atoms with Gasteiger partial charge in [0.25, 0.3) is 5.91 Å². The standard InChI is InChI=1S/C21H21ClF3N3O3/c1-13-10-15(22)4-6-17(13)30-12-16-5-7-18(31-16)20(29)26-8-3-9-28-14(2)11-19(27-28)21(23,24)25/h4-7,10-11H,3,8-9,12H2,1-2H3,(H,26,29). The number of carbonyl (C=O) groups is 1. The molecule has 2 heterocycles. The highest BCUT2D eigenvalue weighted by Gasteiger charge is 2.34. The number of nitrogens with one attached hydrogen (secondary N) is 1. The van der Waals surface area contributed by atoms with Gasteiger partial charge in [-0.3, -0.25) is 9.48 Å². The molecule has 0 fully saturated rings. The molecule has 0 saturated heterocycles. The van der Waals surface area contributed by atoms with Crippen molar-refractivity contribution in [3.8, 4) is 5.75 Å². The zero-order valence-electron chi connectivity index (χ0n) is 16.9. The van der Waals surface area contributed by atoms with E-state index in [4.69, 9.17) is 20.8 Å². The molecule has 0 radical (unpaired) electrons. The Bertz CT molecular complexity index is 1060. The molecule has 1 amide bonds. The maximum Gasteiger partial charge on any atom is 0.435 e. The van der Waals surface area contributed by atoms with Gasteiger partial charge in [-0.25, -0.2) is 0 Å². The van der Waals surface area contributed by atoms with E-state index in [1.165, 1.54) is 10.7 Å². The van der Waals surface area contributed by atoms with E-state index in [0.29, 0.717) is 28.6 Å². The molecule has 31 heavy (non-hydrogen) atoms. The van der Waals surface area contributed by atoms with E-state index in [0.717, 1.165) is 11.6 Å². The molecule has 1 N–H and O–H groups in total. The Labute approximate surface area is 181 Å². The molecule has 2 aromatic heterocycles. The van der Waals surface area contributed by atoms with Gasteiger partial charge in [0.1, 0.15) is 18.1 Å². The molecule has 10 heteroatoms. The summed E-state index contributed by atoms with van der Waals surface area (Å²) < 4.78 is 50.5. The van der Waals surface area contributed by atoms with E-state index >= 15 is 0 Å². The number of aromatic nitrogens is 2. The van der Waals surface area contributed by atoms with E-state index in [-0.39, 0.29) is 25.5 Å². The third-order valence-corrected chi connectivity index (χ3v) is 4.73. The van der Waals surface area contributed by atoms with Gasteiger partial charge in [-0.2, -0.15) is 18.3 Å². The van der Waals surface area contributed by atoms with Crippen LogP contribution in [0.25, 0.3) is 0 Å². The third-order valence-electron chi connectivity index (χ3n) is 4.50. The first-order chi connectivity index (χ1) is 14.6. The molecule has 0 spiro atoms. The lowest BCUT2D eigenvalue weighted by Crippen LogP contribution is -2.25. The van der Waals surface area contributed by atoms with Crippen molar-refractivity contribution in [2.45, 2.75) is 39.6 Å². The van der Waals surface area contributed by atoms with Crippen LogP contribution in [0.5, 0.6) is 5.75 Å². The van der Waals surface area contributed by atoms with Crippen LogP contribution in [0.15, 0.2) is 40.8 Å². The number of rotatable bonds is 8. The number of aryl methyl sites for hydroxylation is 3. The molecule has 3 rings (SSSR count). The van der Waals surface area contributed by atoms with E-state index in [1.807, 2.05) is 6.92 Å². The van der Waals surface area contributed by atoms with Crippen molar-refractivity contribution in [3.63, 3.8) is 0 Å². The molecule has 0 atom stereocenters. The average Bonchev–Trinajstić information content (AvgIpc) is 3.31. The Balaban J connectivity index is 1.45. The lowest BCUT2D eigenvalue weighted by molar-refractivity contribution is -0.141. The number of furan rings is 1. The molecule has 0 aliphatic heterocycles. The molecule has 3 aromatic rings. The molecule has 0 saturated carbocycles. The third kappa shape index (κ3) is 6.04. The van der Waals surface area contributed by atoms with Gasteiger partial charge in [0.2, 0.25) is 0 Å². The van der Waals surface area contributed by atoms with Crippen LogP contribution in [0.4, 0.5) is 13.2 Å². The smallest absolute Gasteiger partial charge is 0.435 e. The number of halogens is 4. The monoisotopic (exact) mass is 455 g/mol. The second-order valence-corrected chi connectivity index (χ2v) is 7.40. The molecule has 6 nitrogen and oxygen atoms in total. The van der Waals surface area contributed by atoms with Crippen molar-refractivity contribution >= 4 is 17.5 Å². The van der Waals surface area contributed by atoms with Crippen LogP contribution < -0.4 is 10.1 Å². The first kappa shape index (κ1) is 22.7. The molecule has 0 unspecified atom stereocenters. The van der Waals surface area contributed by atoms with Crippen molar-refractivity contribution < 1.29 is 27.1 Å². The summed E-state index contributed by atoms with van der Waals surface area (Å²) >= 11 is 5.92. The van der Waals surface area contributed by atoms with Gasteiger partial charge >= 0.3 is 6.18 Å². The van der Waals surface area contributed by atoms with Gasteiger partial charge < -0.3 is 14.5 Å². The van der Waals surface area contributed by atoms with Crippen molar-refractivity contribution in [3.05, 3.63) is 69.9 Å². The largest absolute Gasteiger partial charge is 0.485 e. The van der Waals surface area contributed by atoms with Gasteiger partial charge in [0, 0.05) is 23.8 Å². The van der Waals surface area contributed by atoms with Crippen LogP contribution in [0.3, 0.4) is 0 Å². The average molecular weight is 456 g/mol. The lowest BCUT2D eigenvalue weighted by Gasteiger charge is -2.08. The summed E-state index contributed by atoms with van der Waals surface area (Å²) in [5.74, 6) is 0.851. The van der Waals surface area contributed by atoms with Crippen LogP contribution in [0, 0.1) is 13.8 Å². The predicted molar refractivity (Wildman–Crippen MR) is 108 cm³/mol. The molecular formula is C21H21ClF3N3O3. The predicted octanol–water partition coefficient (Wildman–Crippen LogP) is 5.16. The molecule has 0 aliphatic carbocycles. The minimum absolute atomic E-state index is 0.126. The summed E-state index contributed by atoms with van der Waals surface area (Å²) in [6.07, 6.45) is -4.06. The quantitative estimate of drug-likeness (QED) is 0.476. The maximum atomic E-state index is 12.7. The summed E-state index contributed by atoms with van der Waals surface area (Å²) in [5, 5.41) is 6.85. The zero-order chi connectivity index (χ0) is 22.6. The van der Waals surface area contributed by atoms with Crippen LogP contribution in [0.2, 0.25) is 5.02 Å². The summed E-state index contributed by atoms with van der Waals surface area (Å²) in [7, 11) is 0. The number of ether oxygens (including phenoxy) is 1. The number of alkyl halides is 3. The number of hydrogen-bond acceptors (Lipinski definition) is 4. The Kier molecular flexibility index (Phi) is 6.94. The lowest BCUT2D eigenvalue weighted by atomic mass is 10.2. The normalized spacial score (nSPS) is 11.5. The second-order valence-electron chi connectivity index (χ2n) is 6.97. The number of nitrogens with zero attached hydrogens (tertiary/aromatic N) is 2. The van der Waals surface area contributed by atoms with Crippen LogP contribution >= 0.6 is 11.6 Å². The van der Waals surface area contributed by atoms with E-state index in [1.54, 1.807) is 31.2 Å². The van der Waals surface area contributed by atoms with Gasteiger partial charge in [-0.05, 0) is 62.2 Å². The van der Waals surface area contributed by atoms with Gasteiger partial charge in [-0.15, -0.1) is 0 Å². The summed E-state index contributed by atoms with van der Waals surface area (Å²) in [4.78, 5) is 12.2. The van der Waals surface area contributed by atoms with Crippen LogP contribution in [-0.2, 0) is 19.3 Å². The minimum atomic E-state index is -4.48. The number of hydrogen-bond donors (Lipinski definition) is 1. The minimum Gasteiger partial charge on any atom is -0.485 e. The second kappa shape index (κ2) is 9.47. The van der Waals surface area contributed by atoms with Gasteiger partial charge in [-0.1, -0.05) is 11.6 Å². The molecule has 1 aromatic carbocycles. The van der Waals surface area contributed by atoms with Gasteiger partial charge in [0.05, 0.1) is 0 Å². The SMILES string of the molecule is Cc1cc(Cl)ccc1OCc1ccc(C(=O)NCCCn2nc(C(F)(F)F)cc2C)o1. The Morgan fingerprint density at radius 2 is 2.00 bits per heavy atom. The zero-order valence-corrected chi connectivity index (χ0v) is 17.7. The van der Waals surface area contributed by atoms with Crippen LogP contribution in [-0.4, -0.2) is 22.2 Å². The highest BCUT2D eigenvalue weighted by molar-refractivity contribution is 6.30. The first-order valence-corrected chi connectivity index (χ1v) is 9.89. The van der Waals surface area contributed by atoms with Crippen LogP contribution in [0.1, 0.15) is 39.7 Å². The highest BCUT2D eigenvalue weighted by atomic mass is 35.5. The van der Waals surface area contributed by atoms with Crippen molar-refractivity contribution in [1.82, 2.24) is 15.1 Å². The first-order valence-electron chi connectivity index (χ1n) is 9.51. The highest BCUT2D eigenvalue weighted by Crippen LogP contribution is 2.28. The molecule has 0 bridgehead atoms. The van der Waals surface area contributed by atoms with E-state index in [2.05, 4.69) is 10.4 Å². The Morgan fingerprint density at radius 1 is 1.23 bits per heavy atom.